The molecule has 6 heteroatoms. The first-order valence-electron chi connectivity index (χ1n) is 6.05. The van der Waals surface area contributed by atoms with Crippen molar-refractivity contribution in [2.75, 3.05) is 27.2 Å². The molecule has 0 unspecified atom stereocenters. The van der Waals surface area contributed by atoms with Crippen molar-refractivity contribution in [2.24, 2.45) is 0 Å². The highest BCUT2D eigenvalue weighted by Crippen LogP contribution is 2.26. The Morgan fingerprint density at radius 2 is 2.26 bits per heavy atom. The number of nitrogens with one attached hydrogen (secondary N) is 1. The molecule has 0 aliphatic carbocycles. The predicted octanol–water partition coefficient (Wildman–Crippen LogP) is 2.63. The number of halogens is 1. The number of carbonyl (C=O) groups is 1. The number of fused-ring (bicyclic) bond motifs is 1. The van der Waals surface area contributed by atoms with E-state index in [9.17, 15) is 4.79 Å². The fourth-order valence-corrected chi connectivity index (χ4v) is 2.75. The molecule has 2 aromatic rings. The highest BCUT2D eigenvalue weighted by molar-refractivity contribution is 7.22. The van der Waals surface area contributed by atoms with Gasteiger partial charge in [0.05, 0.1) is 10.2 Å². The van der Waals surface area contributed by atoms with Crippen LogP contribution < -0.4 is 5.32 Å². The minimum atomic E-state index is -0.0650. The van der Waals surface area contributed by atoms with Crippen LogP contribution in [-0.4, -0.2) is 43.0 Å². The Balaban J connectivity index is 1.97. The van der Waals surface area contributed by atoms with Crippen LogP contribution in [0.2, 0.25) is 4.47 Å². The van der Waals surface area contributed by atoms with Gasteiger partial charge in [-0.1, -0.05) is 11.6 Å². The summed E-state index contributed by atoms with van der Waals surface area (Å²) in [5, 5.41) is 2.90. The van der Waals surface area contributed by atoms with Gasteiger partial charge in [0.1, 0.15) is 0 Å². The van der Waals surface area contributed by atoms with Crippen LogP contribution in [0, 0.1) is 0 Å². The standard InChI is InChI=1S/C13H16ClN3OS/c1-17(2)7-3-6-15-12(18)9-4-5-11-10(8-9)16-13(14)19-11/h4-5,8H,3,6-7H2,1-2H3,(H,15,18). The van der Waals surface area contributed by atoms with E-state index in [1.165, 1.54) is 11.3 Å². The average molecular weight is 298 g/mol. The van der Waals surface area contributed by atoms with Gasteiger partial charge in [0.15, 0.2) is 4.47 Å². The number of benzene rings is 1. The minimum absolute atomic E-state index is 0.0650. The van der Waals surface area contributed by atoms with Crippen LogP contribution >= 0.6 is 22.9 Å². The summed E-state index contributed by atoms with van der Waals surface area (Å²) in [6.07, 6.45) is 0.934. The van der Waals surface area contributed by atoms with Crippen LogP contribution in [0.3, 0.4) is 0 Å². The Labute approximate surface area is 121 Å². The molecule has 0 fully saturated rings. The maximum Gasteiger partial charge on any atom is 0.251 e. The lowest BCUT2D eigenvalue weighted by atomic mass is 10.2. The summed E-state index contributed by atoms with van der Waals surface area (Å²) in [5.74, 6) is -0.0650. The zero-order valence-electron chi connectivity index (χ0n) is 10.9. The number of aromatic nitrogens is 1. The van der Waals surface area contributed by atoms with Gasteiger partial charge in [-0.05, 0) is 45.3 Å². The van der Waals surface area contributed by atoms with Gasteiger partial charge in [0.25, 0.3) is 5.91 Å². The largest absolute Gasteiger partial charge is 0.352 e. The number of thiazole rings is 1. The molecule has 0 atom stereocenters. The molecule has 1 heterocycles. The highest BCUT2D eigenvalue weighted by Gasteiger charge is 2.08. The summed E-state index contributed by atoms with van der Waals surface area (Å²) in [5.41, 5.74) is 1.40. The first kappa shape index (κ1) is 14.2. The molecule has 0 spiro atoms. The smallest absolute Gasteiger partial charge is 0.251 e. The Bertz CT molecular complexity index is 582. The van der Waals surface area contributed by atoms with Crippen molar-refractivity contribution in [1.82, 2.24) is 15.2 Å². The van der Waals surface area contributed by atoms with Crippen LogP contribution in [0.5, 0.6) is 0 Å². The van der Waals surface area contributed by atoms with E-state index in [1.54, 1.807) is 12.1 Å². The van der Waals surface area contributed by atoms with Gasteiger partial charge in [0, 0.05) is 12.1 Å². The van der Waals surface area contributed by atoms with Crippen molar-refractivity contribution in [1.29, 1.82) is 0 Å². The zero-order valence-corrected chi connectivity index (χ0v) is 12.5. The third kappa shape index (κ3) is 3.89. The number of rotatable bonds is 5. The third-order valence-corrected chi connectivity index (χ3v) is 3.83. The third-order valence-electron chi connectivity index (χ3n) is 2.69. The van der Waals surface area contributed by atoms with Gasteiger partial charge in [-0.2, -0.15) is 0 Å². The fourth-order valence-electron chi connectivity index (χ4n) is 1.74. The SMILES string of the molecule is CN(C)CCCNC(=O)c1ccc2sc(Cl)nc2c1. The van der Waals surface area contributed by atoms with Crippen LogP contribution in [0.4, 0.5) is 0 Å². The second-order valence-corrected chi connectivity index (χ2v) is 6.17. The van der Waals surface area contributed by atoms with E-state index < -0.39 is 0 Å². The van der Waals surface area contributed by atoms with E-state index in [2.05, 4.69) is 15.2 Å². The molecule has 19 heavy (non-hydrogen) atoms. The summed E-state index contributed by atoms with van der Waals surface area (Å²) in [4.78, 5) is 18.2. The predicted molar refractivity (Wildman–Crippen MR) is 80.1 cm³/mol. The molecule has 1 amide bonds. The summed E-state index contributed by atoms with van der Waals surface area (Å²) < 4.78 is 1.49. The second kappa shape index (κ2) is 6.32. The molecule has 0 radical (unpaired) electrons. The average Bonchev–Trinajstić information content (AvgIpc) is 2.73. The first-order valence-corrected chi connectivity index (χ1v) is 7.25. The van der Waals surface area contributed by atoms with Crippen LogP contribution in [-0.2, 0) is 0 Å². The first-order chi connectivity index (χ1) is 9.06. The number of amides is 1. The number of nitrogens with zero attached hydrogens (tertiary/aromatic N) is 2. The van der Waals surface area contributed by atoms with E-state index >= 15 is 0 Å². The number of hydrogen-bond donors (Lipinski definition) is 1. The van der Waals surface area contributed by atoms with Gasteiger partial charge < -0.3 is 10.2 Å². The Morgan fingerprint density at radius 1 is 1.47 bits per heavy atom. The normalized spacial score (nSPS) is 11.2. The Hall–Kier alpha value is -1.17. The van der Waals surface area contributed by atoms with Crippen LogP contribution in [0.1, 0.15) is 16.8 Å². The zero-order chi connectivity index (χ0) is 13.8. The summed E-state index contributed by atoms with van der Waals surface area (Å²) >= 11 is 7.26. The van der Waals surface area contributed by atoms with Crippen molar-refractivity contribution >= 4 is 39.1 Å². The van der Waals surface area contributed by atoms with Gasteiger partial charge in [-0.15, -0.1) is 11.3 Å². The lowest BCUT2D eigenvalue weighted by Crippen LogP contribution is -2.27. The monoisotopic (exact) mass is 297 g/mol. The van der Waals surface area contributed by atoms with Crippen molar-refractivity contribution in [2.45, 2.75) is 6.42 Å². The molecule has 0 saturated heterocycles. The minimum Gasteiger partial charge on any atom is -0.352 e. The lowest BCUT2D eigenvalue weighted by molar-refractivity contribution is 0.0952. The lowest BCUT2D eigenvalue weighted by Gasteiger charge is -2.09. The van der Waals surface area contributed by atoms with E-state index in [4.69, 9.17) is 11.6 Å². The Kier molecular flexibility index (Phi) is 4.74. The maximum atomic E-state index is 12.0. The van der Waals surface area contributed by atoms with Gasteiger partial charge >= 0.3 is 0 Å². The molecule has 2 rings (SSSR count). The molecule has 0 aliphatic rings. The van der Waals surface area contributed by atoms with E-state index in [-0.39, 0.29) is 5.91 Å². The van der Waals surface area contributed by atoms with E-state index in [0.29, 0.717) is 16.6 Å². The van der Waals surface area contributed by atoms with E-state index in [0.717, 1.165) is 23.2 Å². The summed E-state index contributed by atoms with van der Waals surface area (Å²) in [6.45, 7) is 1.63. The summed E-state index contributed by atoms with van der Waals surface area (Å²) in [6, 6.07) is 5.46. The summed E-state index contributed by atoms with van der Waals surface area (Å²) in [7, 11) is 4.03. The van der Waals surface area contributed by atoms with Crippen molar-refractivity contribution in [3.63, 3.8) is 0 Å². The Morgan fingerprint density at radius 3 is 3.00 bits per heavy atom. The van der Waals surface area contributed by atoms with Crippen molar-refractivity contribution in [3.05, 3.63) is 28.2 Å². The molecular weight excluding hydrogens is 282 g/mol. The topological polar surface area (TPSA) is 45.2 Å². The van der Waals surface area contributed by atoms with Gasteiger partial charge in [0.2, 0.25) is 0 Å². The van der Waals surface area contributed by atoms with Crippen LogP contribution in [0.25, 0.3) is 10.2 Å². The molecular formula is C13H16ClN3OS. The van der Waals surface area contributed by atoms with E-state index in [1.807, 2.05) is 20.2 Å². The molecule has 1 aromatic heterocycles. The molecule has 1 N–H and O–H groups in total. The van der Waals surface area contributed by atoms with Crippen molar-refractivity contribution in [3.8, 4) is 0 Å². The highest BCUT2D eigenvalue weighted by atomic mass is 35.5. The van der Waals surface area contributed by atoms with Crippen molar-refractivity contribution < 1.29 is 4.79 Å². The quantitative estimate of drug-likeness (QED) is 0.863. The molecule has 102 valence electrons. The fraction of sp³-hybridized carbons (Fsp3) is 0.385. The molecule has 0 saturated carbocycles. The van der Waals surface area contributed by atoms with Gasteiger partial charge in [-0.3, -0.25) is 4.79 Å². The maximum absolute atomic E-state index is 12.0. The number of hydrogen-bond acceptors (Lipinski definition) is 4. The number of carbonyl (C=O) groups excluding carboxylic acids is 1. The molecule has 4 nitrogen and oxygen atoms in total. The second-order valence-electron chi connectivity index (χ2n) is 4.56. The van der Waals surface area contributed by atoms with Gasteiger partial charge in [-0.25, -0.2) is 4.98 Å². The van der Waals surface area contributed by atoms with Crippen LogP contribution in [0.15, 0.2) is 18.2 Å². The molecule has 0 aliphatic heterocycles. The molecule has 0 bridgehead atoms. The molecule has 1 aromatic carbocycles.